The summed E-state index contributed by atoms with van der Waals surface area (Å²) in [4.78, 5) is 18.7. The Labute approximate surface area is 130 Å². The van der Waals surface area contributed by atoms with E-state index in [-0.39, 0.29) is 5.91 Å². The molecule has 22 heavy (non-hydrogen) atoms. The van der Waals surface area contributed by atoms with Gasteiger partial charge in [-0.05, 0) is 37.5 Å². The van der Waals surface area contributed by atoms with Crippen LogP contribution in [0.1, 0.15) is 49.5 Å². The second-order valence-corrected chi connectivity index (χ2v) is 5.84. The number of hydrogen-bond donors (Lipinski definition) is 1. The average Bonchev–Trinajstić information content (AvgIpc) is 3.22. The van der Waals surface area contributed by atoms with Gasteiger partial charge in [0.1, 0.15) is 5.69 Å². The summed E-state index contributed by atoms with van der Waals surface area (Å²) >= 11 is 0. The fourth-order valence-corrected chi connectivity index (χ4v) is 3.10. The molecule has 0 saturated carbocycles. The van der Waals surface area contributed by atoms with E-state index in [1.54, 1.807) is 12.4 Å². The molecule has 1 aliphatic rings. The fraction of sp³-hybridized carbons (Fsp3) is 0.471. The van der Waals surface area contributed by atoms with E-state index >= 15 is 0 Å². The molecule has 0 bridgehead atoms. The molecule has 1 atom stereocenters. The van der Waals surface area contributed by atoms with E-state index < -0.39 is 0 Å². The number of aromatic amines is 1. The van der Waals surface area contributed by atoms with Crippen molar-refractivity contribution in [1.82, 2.24) is 20.1 Å². The standard InChI is InChI=1S/C17H22N4O/c1-2-3-5-14-6-4-11-21(14)17(22)16-12-15(19-20-16)13-7-9-18-10-8-13/h7-10,12,14H,2-6,11H2,1H3,(H,19,20)/t14-/m1/s1. The van der Waals surface area contributed by atoms with Gasteiger partial charge in [0.05, 0.1) is 5.69 Å². The van der Waals surface area contributed by atoms with Crippen LogP contribution in [0.2, 0.25) is 0 Å². The van der Waals surface area contributed by atoms with Crippen molar-refractivity contribution in [1.29, 1.82) is 0 Å². The number of carbonyl (C=O) groups excluding carboxylic acids is 1. The number of pyridine rings is 1. The molecule has 3 heterocycles. The van der Waals surface area contributed by atoms with Gasteiger partial charge < -0.3 is 4.90 Å². The number of aromatic nitrogens is 3. The lowest BCUT2D eigenvalue weighted by Gasteiger charge is -2.23. The van der Waals surface area contributed by atoms with Crippen molar-refractivity contribution in [3.63, 3.8) is 0 Å². The Kier molecular flexibility index (Phi) is 4.51. The van der Waals surface area contributed by atoms with E-state index in [2.05, 4.69) is 22.1 Å². The molecule has 0 aliphatic carbocycles. The number of nitrogens with zero attached hydrogens (tertiary/aromatic N) is 3. The van der Waals surface area contributed by atoms with Crippen molar-refractivity contribution in [3.8, 4) is 11.3 Å². The highest BCUT2D eigenvalue weighted by Gasteiger charge is 2.29. The zero-order valence-corrected chi connectivity index (χ0v) is 13.0. The van der Waals surface area contributed by atoms with Gasteiger partial charge >= 0.3 is 0 Å². The smallest absolute Gasteiger partial charge is 0.272 e. The van der Waals surface area contributed by atoms with Gasteiger partial charge in [0.2, 0.25) is 0 Å². The number of likely N-dealkylation sites (tertiary alicyclic amines) is 1. The monoisotopic (exact) mass is 298 g/mol. The second-order valence-electron chi connectivity index (χ2n) is 5.84. The van der Waals surface area contributed by atoms with E-state index in [0.717, 1.165) is 37.1 Å². The number of unbranched alkanes of at least 4 members (excludes halogenated alkanes) is 1. The summed E-state index contributed by atoms with van der Waals surface area (Å²) in [6.07, 6.45) is 9.14. The molecule has 0 radical (unpaired) electrons. The maximum absolute atomic E-state index is 12.7. The van der Waals surface area contributed by atoms with Gasteiger partial charge in [0, 0.05) is 30.5 Å². The Morgan fingerprint density at radius 3 is 3.00 bits per heavy atom. The normalized spacial score (nSPS) is 17.9. The lowest BCUT2D eigenvalue weighted by molar-refractivity contribution is 0.0723. The van der Waals surface area contributed by atoms with E-state index in [1.807, 2.05) is 23.1 Å². The van der Waals surface area contributed by atoms with Crippen molar-refractivity contribution in [2.24, 2.45) is 0 Å². The van der Waals surface area contributed by atoms with Crippen LogP contribution in [0.3, 0.4) is 0 Å². The van der Waals surface area contributed by atoms with E-state index in [9.17, 15) is 4.79 Å². The molecular weight excluding hydrogens is 276 g/mol. The third-order valence-electron chi connectivity index (χ3n) is 4.31. The van der Waals surface area contributed by atoms with Gasteiger partial charge in [-0.15, -0.1) is 0 Å². The second kappa shape index (κ2) is 6.73. The van der Waals surface area contributed by atoms with E-state index in [0.29, 0.717) is 11.7 Å². The van der Waals surface area contributed by atoms with Crippen LogP contribution in [0.5, 0.6) is 0 Å². The third-order valence-corrected chi connectivity index (χ3v) is 4.31. The van der Waals surface area contributed by atoms with Crippen molar-refractivity contribution >= 4 is 5.91 Å². The number of H-pyrrole nitrogens is 1. The first-order valence-electron chi connectivity index (χ1n) is 8.06. The molecule has 116 valence electrons. The predicted octanol–water partition coefficient (Wildman–Crippen LogP) is 3.27. The Morgan fingerprint density at radius 1 is 1.41 bits per heavy atom. The van der Waals surface area contributed by atoms with Crippen molar-refractivity contribution < 1.29 is 4.79 Å². The SMILES string of the molecule is CCCC[C@@H]1CCCN1C(=O)c1cc(-c2ccncc2)n[nH]1. The van der Waals surface area contributed by atoms with Crippen molar-refractivity contribution in [2.45, 2.75) is 45.1 Å². The predicted molar refractivity (Wildman–Crippen MR) is 85.4 cm³/mol. The van der Waals surface area contributed by atoms with Crippen LogP contribution in [-0.4, -0.2) is 38.6 Å². The van der Waals surface area contributed by atoms with Crippen molar-refractivity contribution in [3.05, 3.63) is 36.3 Å². The van der Waals surface area contributed by atoms with Crippen molar-refractivity contribution in [2.75, 3.05) is 6.54 Å². The fourth-order valence-electron chi connectivity index (χ4n) is 3.10. The highest BCUT2D eigenvalue weighted by molar-refractivity contribution is 5.93. The largest absolute Gasteiger partial charge is 0.334 e. The van der Waals surface area contributed by atoms with Gasteiger partial charge in [0.25, 0.3) is 5.91 Å². The highest BCUT2D eigenvalue weighted by atomic mass is 16.2. The van der Waals surface area contributed by atoms with Gasteiger partial charge in [0.15, 0.2) is 0 Å². The lowest BCUT2D eigenvalue weighted by Crippen LogP contribution is -2.35. The first-order valence-corrected chi connectivity index (χ1v) is 8.06. The number of nitrogens with one attached hydrogen (secondary N) is 1. The van der Waals surface area contributed by atoms with Crippen LogP contribution in [-0.2, 0) is 0 Å². The zero-order valence-electron chi connectivity index (χ0n) is 13.0. The number of rotatable bonds is 5. The van der Waals surface area contributed by atoms with Crippen LogP contribution < -0.4 is 0 Å². The van der Waals surface area contributed by atoms with Gasteiger partial charge in [-0.1, -0.05) is 19.8 Å². The molecule has 5 heteroatoms. The average molecular weight is 298 g/mol. The Bertz CT molecular complexity index is 623. The molecule has 0 spiro atoms. The minimum atomic E-state index is 0.0754. The molecule has 1 aliphatic heterocycles. The minimum Gasteiger partial charge on any atom is -0.334 e. The van der Waals surface area contributed by atoms with Crippen LogP contribution in [0, 0.1) is 0 Å². The molecule has 1 saturated heterocycles. The molecule has 5 nitrogen and oxygen atoms in total. The summed E-state index contributed by atoms with van der Waals surface area (Å²) in [5.74, 6) is 0.0754. The number of carbonyl (C=O) groups is 1. The summed E-state index contributed by atoms with van der Waals surface area (Å²) < 4.78 is 0. The highest BCUT2D eigenvalue weighted by Crippen LogP contribution is 2.25. The Hall–Kier alpha value is -2.17. The molecule has 0 aromatic carbocycles. The van der Waals surface area contributed by atoms with Gasteiger partial charge in [-0.25, -0.2) is 0 Å². The Balaban J connectivity index is 1.74. The first-order chi connectivity index (χ1) is 10.8. The molecule has 2 aromatic rings. The van der Waals surface area contributed by atoms with Gasteiger partial charge in [-0.3, -0.25) is 14.9 Å². The number of hydrogen-bond acceptors (Lipinski definition) is 3. The molecule has 1 fully saturated rings. The first kappa shape index (κ1) is 14.8. The molecule has 3 rings (SSSR count). The zero-order chi connectivity index (χ0) is 15.4. The van der Waals surface area contributed by atoms with Crippen LogP contribution >= 0.6 is 0 Å². The summed E-state index contributed by atoms with van der Waals surface area (Å²) in [6.45, 7) is 3.05. The Morgan fingerprint density at radius 2 is 2.23 bits per heavy atom. The summed E-state index contributed by atoms with van der Waals surface area (Å²) in [6, 6.07) is 6.02. The van der Waals surface area contributed by atoms with E-state index in [1.165, 1.54) is 12.8 Å². The molecule has 0 unspecified atom stereocenters. The molecule has 1 N–H and O–H groups in total. The van der Waals surface area contributed by atoms with Crippen LogP contribution in [0.25, 0.3) is 11.3 Å². The lowest BCUT2D eigenvalue weighted by atomic mass is 10.1. The maximum Gasteiger partial charge on any atom is 0.272 e. The number of amides is 1. The summed E-state index contributed by atoms with van der Waals surface area (Å²) in [5.41, 5.74) is 2.33. The molecule has 1 amide bonds. The topological polar surface area (TPSA) is 61.9 Å². The van der Waals surface area contributed by atoms with Gasteiger partial charge in [-0.2, -0.15) is 5.10 Å². The summed E-state index contributed by atoms with van der Waals surface area (Å²) in [5, 5.41) is 7.16. The molecule has 2 aromatic heterocycles. The minimum absolute atomic E-state index is 0.0754. The van der Waals surface area contributed by atoms with E-state index in [4.69, 9.17) is 0 Å². The van der Waals surface area contributed by atoms with Crippen LogP contribution in [0.15, 0.2) is 30.6 Å². The van der Waals surface area contributed by atoms with Crippen LogP contribution in [0.4, 0.5) is 0 Å². The summed E-state index contributed by atoms with van der Waals surface area (Å²) in [7, 11) is 0. The maximum atomic E-state index is 12.7. The third kappa shape index (κ3) is 3.03. The molecular formula is C17H22N4O. The quantitative estimate of drug-likeness (QED) is 0.921.